The number of rotatable bonds is 4. The molecule has 1 aromatic carbocycles. The molecule has 0 radical (unpaired) electrons. The Labute approximate surface area is 139 Å². The largest absolute Gasteiger partial charge is 0.363 e. The topological polar surface area (TPSA) is 86.3 Å². The van der Waals surface area contributed by atoms with Crippen LogP contribution in [0.1, 0.15) is 11.1 Å². The predicted molar refractivity (Wildman–Crippen MR) is 89.5 cm³/mol. The van der Waals surface area contributed by atoms with E-state index in [1.54, 1.807) is 24.5 Å². The van der Waals surface area contributed by atoms with E-state index < -0.39 is 4.92 Å². The van der Waals surface area contributed by atoms with E-state index in [1.807, 2.05) is 23.1 Å². The number of benzene rings is 1. The third kappa shape index (κ3) is 3.50. The van der Waals surface area contributed by atoms with E-state index in [0.717, 1.165) is 32.7 Å². The van der Waals surface area contributed by atoms with E-state index in [1.165, 1.54) is 11.6 Å². The van der Waals surface area contributed by atoms with Gasteiger partial charge in [-0.1, -0.05) is 0 Å². The number of anilines is 1. The van der Waals surface area contributed by atoms with Gasteiger partial charge in [0.25, 0.3) is 5.69 Å². The molecule has 0 aliphatic carbocycles. The predicted octanol–water partition coefficient (Wildman–Crippen LogP) is 2.18. The van der Waals surface area contributed by atoms with Crippen molar-refractivity contribution in [3.8, 4) is 6.07 Å². The first-order chi connectivity index (χ1) is 11.7. The SMILES string of the molecule is N#Cc1ccc(N2CCN(Cc3ccncc3)CC2)c([N+](=O)[O-])c1. The van der Waals surface area contributed by atoms with Gasteiger partial charge in [-0.25, -0.2) is 0 Å². The van der Waals surface area contributed by atoms with E-state index in [-0.39, 0.29) is 5.69 Å². The highest BCUT2D eigenvalue weighted by Gasteiger charge is 2.24. The van der Waals surface area contributed by atoms with Gasteiger partial charge in [-0.2, -0.15) is 5.26 Å². The molecule has 122 valence electrons. The van der Waals surface area contributed by atoms with Gasteiger partial charge in [-0.05, 0) is 29.8 Å². The Balaban J connectivity index is 1.69. The van der Waals surface area contributed by atoms with E-state index in [9.17, 15) is 10.1 Å². The highest BCUT2D eigenvalue weighted by atomic mass is 16.6. The minimum atomic E-state index is -0.417. The van der Waals surface area contributed by atoms with Crippen molar-refractivity contribution in [1.82, 2.24) is 9.88 Å². The Morgan fingerprint density at radius 2 is 1.88 bits per heavy atom. The van der Waals surface area contributed by atoms with Crippen molar-refractivity contribution in [2.24, 2.45) is 0 Å². The maximum absolute atomic E-state index is 11.3. The van der Waals surface area contributed by atoms with Crippen molar-refractivity contribution in [3.63, 3.8) is 0 Å². The molecule has 7 heteroatoms. The van der Waals surface area contributed by atoms with Crippen LogP contribution in [-0.4, -0.2) is 41.0 Å². The summed E-state index contributed by atoms with van der Waals surface area (Å²) < 4.78 is 0. The second kappa shape index (κ2) is 7.06. The highest BCUT2D eigenvalue weighted by Crippen LogP contribution is 2.30. The lowest BCUT2D eigenvalue weighted by molar-refractivity contribution is -0.384. The molecular weight excluding hydrogens is 306 g/mol. The standard InChI is InChI=1S/C17H17N5O2/c18-12-15-1-2-16(17(11-15)22(23)24)21-9-7-20(8-10-21)13-14-3-5-19-6-4-14/h1-6,11H,7-10,13H2. The van der Waals surface area contributed by atoms with Gasteiger partial charge in [-0.15, -0.1) is 0 Å². The van der Waals surface area contributed by atoms with Gasteiger partial charge in [0.1, 0.15) is 5.69 Å². The lowest BCUT2D eigenvalue weighted by Gasteiger charge is -2.35. The Hall–Kier alpha value is -2.98. The highest BCUT2D eigenvalue weighted by molar-refractivity contribution is 5.65. The zero-order valence-electron chi connectivity index (χ0n) is 13.1. The van der Waals surface area contributed by atoms with Gasteiger partial charge in [0.05, 0.1) is 16.6 Å². The second-order valence-corrected chi connectivity index (χ2v) is 5.69. The molecule has 2 heterocycles. The zero-order chi connectivity index (χ0) is 16.9. The van der Waals surface area contributed by atoms with Crippen LogP contribution in [0.4, 0.5) is 11.4 Å². The van der Waals surface area contributed by atoms with Crippen molar-refractivity contribution < 1.29 is 4.92 Å². The zero-order valence-corrected chi connectivity index (χ0v) is 13.1. The number of hydrogen-bond acceptors (Lipinski definition) is 6. The number of aromatic nitrogens is 1. The molecule has 0 bridgehead atoms. The average Bonchev–Trinajstić information content (AvgIpc) is 2.63. The van der Waals surface area contributed by atoms with Crippen LogP contribution in [0.3, 0.4) is 0 Å². The summed E-state index contributed by atoms with van der Waals surface area (Å²) in [5.74, 6) is 0. The van der Waals surface area contributed by atoms with E-state index >= 15 is 0 Å². The van der Waals surface area contributed by atoms with Crippen molar-refractivity contribution in [1.29, 1.82) is 5.26 Å². The fourth-order valence-electron chi connectivity index (χ4n) is 2.90. The summed E-state index contributed by atoms with van der Waals surface area (Å²) in [6.07, 6.45) is 3.57. The van der Waals surface area contributed by atoms with Crippen LogP contribution in [0.15, 0.2) is 42.7 Å². The first-order valence-corrected chi connectivity index (χ1v) is 7.72. The van der Waals surface area contributed by atoms with E-state index in [4.69, 9.17) is 5.26 Å². The minimum absolute atomic E-state index is 0.00312. The molecule has 0 unspecified atom stereocenters. The third-order valence-electron chi connectivity index (χ3n) is 4.17. The first kappa shape index (κ1) is 15.9. The third-order valence-corrected chi connectivity index (χ3v) is 4.17. The van der Waals surface area contributed by atoms with Gasteiger partial charge in [0, 0.05) is 51.2 Å². The summed E-state index contributed by atoms with van der Waals surface area (Å²) in [6.45, 7) is 3.96. The van der Waals surface area contributed by atoms with E-state index in [0.29, 0.717) is 11.3 Å². The lowest BCUT2D eigenvalue weighted by atomic mass is 10.1. The Bertz CT molecular complexity index is 764. The molecule has 0 saturated carbocycles. The van der Waals surface area contributed by atoms with Crippen LogP contribution in [0, 0.1) is 21.4 Å². The fraction of sp³-hybridized carbons (Fsp3) is 0.294. The molecule has 0 atom stereocenters. The molecule has 24 heavy (non-hydrogen) atoms. The average molecular weight is 323 g/mol. The second-order valence-electron chi connectivity index (χ2n) is 5.69. The molecule has 1 aromatic heterocycles. The summed E-state index contributed by atoms with van der Waals surface area (Å²) in [6, 6.07) is 10.6. The van der Waals surface area contributed by atoms with Crippen molar-refractivity contribution in [3.05, 3.63) is 64.0 Å². The van der Waals surface area contributed by atoms with Gasteiger partial charge in [0.15, 0.2) is 0 Å². The molecule has 7 nitrogen and oxygen atoms in total. The van der Waals surface area contributed by atoms with Crippen LogP contribution >= 0.6 is 0 Å². The van der Waals surface area contributed by atoms with Crippen LogP contribution < -0.4 is 4.90 Å². The van der Waals surface area contributed by atoms with Crippen molar-refractivity contribution in [2.45, 2.75) is 6.54 Å². The first-order valence-electron chi connectivity index (χ1n) is 7.72. The molecule has 1 aliphatic rings. The maximum atomic E-state index is 11.3. The monoisotopic (exact) mass is 323 g/mol. The fourth-order valence-corrected chi connectivity index (χ4v) is 2.90. The molecule has 2 aromatic rings. The maximum Gasteiger partial charge on any atom is 0.293 e. The number of piperazine rings is 1. The molecule has 1 fully saturated rings. The molecular formula is C17H17N5O2. The summed E-state index contributed by atoms with van der Waals surface area (Å²) in [5, 5.41) is 20.2. The smallest absolute Gasteiger partial charge is 0.293 e. The number of pyridine rings is 1. The van der Waals surface area contributed by atoms with Crippen molar-refractivity contribution in [2.75, 3.05) is 31.1 Å². The molecule has 0 amide bonds. The Kier molecular flexibility index (Phi) is 4.68. The Morgan fingerprint density at radius 3 is 2.50 bits per heavy atom. The molecule has 0 N–H and O–H groups in total. The van der Waals surface area contributed by atoms with Crippen LogP contribution in [0.5, 0.6) is 0 Å². The number of nitrogens with zero attached hydrogens (tertiary/aromatic N) is 5. The van der Waals surface area contributed by atoms with Gasteiger partial charge < -0.3 is 4.90 Å². The normalized spacial score (nSPS) is 15.0. The molecule has 3 rings (SSSR count). The summed E-state index contributed by atoms with van der Waals surface area (Å²) in [5.41, 5.74) is 2.10. The number of nitro groups is 1. The van der Waals surface area contributed by atoms with Crippen molar-refractivity contribution >= 4 is 11.4 Å². The van der Waals surface area contributed by atoms with E-state index in [2.05, 4.69) is 9.88 Å². The van der Waals surface area contributed by atoms with Crippen LogP contribution in [-0.2, 0) is 6.54 Å². The summed E-state index contributed by atoms with van der Waals surface area (Å²) in [4.78, 5) is 19.2. The summed E-state index contributed by atoms with van der Waals surface area (Å²) >= 11 is 0. The summed E-state index contributed by atoms with van der Waals surface area (Å²) in [7, 11) is 0. The van der Waals surface area contributed by atoms with Crippen LogP contribution in [0.2, 0.25) is 0 Å². The number of nitriles is 1. The number of hydrogen-bond donors (Lipinski definition) is 0. The Morgan fingerprint density at radius 1 is 1.17 bits per heavy atom. The van der Waals surface area contributed by atoms with Gasteiger partial charge in [-0.3, -0.25) is 20.0 Å². The van der Waals surface area contributed by atoms with Gasteiger partial charge in [0.2, 0.25) is 0 Å². The lowest BCUT2D eigenvalue weighted by Crippen LogP contribution is -2.46. The molecule has 1 aliphatic heterocycles. The van der Waals surface area contributed by atoms with Crippen LogP contribution in [0.25, 0.3) is 0 Å². The number of nitro benzene ring substituents is 1. The quantitative estimate of drug-likeness (QED) is 0.633. The molecule has 1 saturated heterocycles. The van der Waals surface area contributed by atoms with Gasteiger partial charge >= 0.3 is 0 Å². The minimum Gasteiger partial charge on any atom is -0.363 e. The molecule has 0 spiro atoms.